The highest BCUT2D eigenvalue weighted by molar-refractivity contribution is 5.27. The molecule has 1 aliphatic carbocycles. The fourth-order valence-electron chi connectivity index (χ4n) is 2.48. The van der Waals surface area contributed by atoms with Crippen LogP contribution in [-0.2, 0) is 11.2 Å². The number of hydrogen-bond donors (Lipinski definition) is 1. The van der Waals surface area contributed by atoms with Crippen LogP contribution in [0.25, 0.3) is 0 Å². The van der Waals surface area contributed by atoms with Gasteiger partial charge in [-0.25, -0.2) is 0 Å². The molecule has 0 unspecified atom stereocenters. The second-order valence-electron chi connectivity index (χ2n) is 5.22. The first-order valence-electron chi connectivity index (χ1n) is 6.71. The summed E-state index contributed by atoms with van der Waals surface area (Å²) in [5, 5.41) is 0. The highest BCUT2D eigenvalue weighted by atomic mass is 16.5. The van der Waals surface area contributed by atoms with Gasteiger partial charge in [-0.1, -0.05) is 25.0 Å². The largest absolute Gasteiger partial charge is 0.497 e. The van der Waals surface area contributed by atoms with E-state index in [9.17, 15) is 0 Å². The van der Waals surface area contributed by atoms with Crippen molar-refractivity contribution in [2.75, 3.05) is 20.3 Å². The van der Waals surface area contributed by atoms with Gasteiger partial charge in [-0.3, -0.25) is 0 Å². The van der Waals surface area contributed by atoms with Crippen LogP contribution in [0.4, 0.5) is 0 Å². The van der Waals surface area contributed by atoms with Crippen LogP contribution in [0.3, 0.4) is 0 Å². The molecule has 3 nitrogen and oxygen atoms in total. The summed E-state index contributed by atoms with van der Waals surface area (Å²) in [6.45, 7) is 1.44. The van der Waals surface area contributed by atoms with Gasteiger partial charge in [0.15, 0.2) is 0 Å². The second kappa shape index (κ2) is 6.21. The van der Waals surface area contributed by atoms with E-state index in [1.54, 1.807) is 7.11 Å². The van der Waals surface area contributed by atoms with Gasteiger partial charge >= 0.3 is 0 Å². The highest BCUT2D eigenvalue weighted by Crippen LogP contribution is 2.27. The van der Waals surface area contributed by atoms with E-state index in [-0.39, 0.29) is 5.54 Å². The Balaban J connectivity index is 1.68. The molecule has 1 aromatic rings. The maximum atomic E-state index is 6.23. The molecule has 0 spiro atoms. The highest BCUT2D eigenvalue weighted by Gasteiger charge is 2.29. The average Bonchev–Trinajstić information content (AvgIpc) is 2.83. The molecule has 0 heterocycles. The van der Waals surface area contributed by atoms with Gasteiger partial charge in [-0.2, -0.15) is 0 Å². The van der Waals surface area contributed by atoms with Gasteiger partial charge in [0, 0.05) is 5.54 Å². The summed E-state index contributed by atoms with van der Waals surface area (Å²) in [6.07, 6.45) is 5.64. The molecule has 1 aliphatic rings. The van der Waals surface area contributed by atoms with E-state index in [1.807, 2.05) is 12.1 Å². The molecule has 0 radical (unpaired) electrons. The number of benzene rings is 1. The third-order valence-electron chi connectivity index (χ3n) is 3.68. The minimum Gasteiger partial charge on any atom is -0.497 e. The van der Waals surface area contributed by atoms with Crippen LogP contribution < -0.4 is 10.5 Å². The van der Waals surface area contributed by atoms with Gasteiger partial charge in [-0.05, 0) is 37.0 Å². The Labute approximate surface area is 109 Å². The molecule has 0 bridgehead atoms. The third kappa shape index (κ3) is 3.72. The van der Waals surface area contributed by atoms with Crippen molar-refractivity contribution in [1.82, 2.24) is 0 Å². The Morgan fingerprint density at radius 1 is 1.17 bits per heavy atom. The molecule has 1 saturated carbocycles. The number of rotatable bonds is 6. The van der Waals surface area contributed by atoms with Crippen LogP contribution in [-0.4, -0.2) is 25.9 Å². The molecule has 0 aromatic heterocycles. The van der Waals surface area contributed by atoms with Crippen molar-refractivity contribution in [2.24, 2.45) is 5.73 Å². The predicted octanol–water partition coefficient (Wildman–Crippen LogP) is 2.53. The molecule has 2 N–H and O–H groups in total. The Hall–Kier alpha value is -1.06. The van der Waals surface area contributed by atoms with Gasteiger partial charge in [0.05, 0.1) is 20.3 Å². The fraction of sp³-hybridized carbons (Fsp3) is 0.600. The van der Waals surface area contributed by atoms with Crippen LogP contribution in [0.15, 0.2) is 24.3 Å². The first-order chi connectivity index (χ1) is 8.72. The summed E-state index contributed by atoms with van der Waals surface area (Å²) >= 11 is 0. The van der Waals surface area contributed by atoms with Gasteiger partial charge in [0.25, 0.3) is 0 Å². The molecule has 1 fully saturated rings. The standard InChI is InChI=1S/C15H23NO2/c1-17-14-6-4-13(5-7-14)8-11-18-12-15(16)9-2-3-10-15/h4-7H,2-3,8-12,16H2,1H3. The van der Waals surface area contributed by atoms with E-state index in [0.717, 1.165) is 31.6 Å². The van der Waals surface area contributed by atoms with Crippen LogP contribution in [0.1, 0.15) is 31.2 Å². The summed E-state index contributed by atoms with van der Waals surface area (Å²) in [6, 6.07) is 8.12. The lowest BCUT2D eigenvalue weighted by Crippen LogP contribution is -2.41. The normalized spacial score (nSPS) is 17.9. The zero-order valence-corrected chi connectivity index (χ0v) is 11.2. The van der Waals surface area contributed by atoms with E-state index in [4.69, 9.17) is 15.2 Å². The number of methoxy groups -OCH3 is 1. The van der Waals surface area contributed by atoms with Crippen molar-refractivity contribution in [2.45, 2.75) is 37.6 Å². The van der Waals surface area contributed by atoms with E-state index in [2.05, 4.69) is 12.1 Å². The van der Waals surface area contributed by atoms with E-state index in [1.165, 1.54) is 18.4 Å². The molecular weight excluding hydrogens is 226 g/mol. The Bertz CT molecular complexity index is 355. The van der Waals surface area contributed by atoms with Crippen LogP contribution >= 0.6 is 0 Å². The lowest BCUT2D eigenvalue weighted by atomic mass is 10.0. The smallest absolute Gasteiger partial charge is 0.118 e. The zero-order valence-electron chi connectivity index (χ0n) is 11.2. The number of ether oxygens (including phenoxy) is 2. The summed E-state index contributed by atoms with van der Waals surface area (Å²) in [4.78, 5) is 0. The molecule has 3 heteroatoms. The predicted molar refractivity (Wildman–Crippen MR) is 72.9 cm³/mol. The monoisotopic (exact) mass is 249 g/mol. The van der Waals surface area contributed by atoms with Crippen molar-refractivity contribution in [3.63, 3.8) is 0 Å². The molecule has 100 valence electrons. The van der Waals surface area contributed by atoms with Crippen molar-refractivity contribution < 1.29 is 9.47 Å². The van der Waals surface area contributed by atoms with Gasteiger partial charge in [-0.15, -0.1) is 0 Å². The summed E-state index contributed by atoms with van der Waals surface area (Å²) in [5.74, 6) is 0.895. The summed E-state index contributed by atoms with van der Waals surface area (Å²) in [7, 11) is 1.68. The summed E-state index contributed by atoms with van der Waals surface area (Å²) in [5.41, 5.74) is 7.45. The van der Waals surface area contributed by atoms with Crippen LogP contribution in [0.5, 0.6) is 5.75 Å². The number of hydrogen-bond acceptors (Lipinski definition) is 3. The lowest BCUT2D eigenvalue weighted by molar-refractivity contribution is 0.0890. The number of nitrogens with two attached hydrogens (primary N) is 1. The average molecular weight is 249 g/mol. The Morgan fingerprint density at radius 2 is 1.83 bits per heavy atom. The van der Waals surface area contributed by atoms with Crippen molar-refractivity contribution >= 4 is 0 Å². The zero-order chi connectivity index (χ0) is 12.8. The Morgan fingerprint density at radius 3 is 2.44 bits per heavy atom. The van der Waals surface area contributed by atoms with E-state index < -0.39 is 0 Å². The lowest BCUT2D eigenvalue weighted by Gasteiger charge is -2.23. The minimum atomic E-state index is -0.0556. The molecule has 0 amide bonds. The van der Waals surface area contributed by atoms with Crippen LogP contribution in [0.2, 0.25) is 0 Å². The molecular formula is C15H23NO2. The van der Waals surface area contributed by atoms with Crippen molar-refractivity contribution in [3.05, 3.63) is 29.8 Å². The van der Waals surface area contributed by atoms with Gasteiger partial charge in [0.1, 0.15) is 5.75 Å². The first-order valence-corrected chi connectivity index (χ1v) is 6.71. The molecule has 0 atom stereocenters. The maximum absolute atomic E-state index is 6.23. The van der Waals surface area contributed by atoms with Gasteiger partial charge < -0.3 is 15.2 Å². The van der Waals surface area contributed by atoms with Crippen molar-refractivity contribution in [1.29, 1.82) is 0 Å². The van der Waals surface area contributed by atoms with Gasteiger partial charge in [0.2, 0.25) is 0 Å². The molecule has 18 heavy (non-hydrogen) atoms. The topological polar surface area (TPSA) is 44.5 Å². The fourth-order valence-corrected chi connectivity index (χ4v) is 2.48. The van der Waals surface area contributed by atoms with E-state index >= 15 is 0 Å². The molecule has 1 aromatic carbocycles. The maximum Gasteiger partial charge on any atom is 0.118 e. The Kier molecular flexibility index (Phi) is 4.61. The molecule has 2 rings (SSSR count). The van der Waals surface area contributed by atoms with Crippen LogP contribution in [0, 0.1) is 0 Å². The second-order valence-corrected chi connectivity index (χ2v) is 5.22. The SMILES string of the molecule is COc1ccc(CCOCC2(N)CCCC2)cc1. The quantitative estimate of drug-likeness (QED) is 0.788. The van der Waals surface area contributed by atoms with E-state index in [0.29, 0.717) is 6.61 Å². The minimum absolute atomic E-state index is 0.0556. The summed E-state index contributed by atoms with van der Waals surface area (Å²) < 4.78 is 10.9. The first kappa shape index (κ1) is 13.4. The molecule has 0 aliphatic heterocycles. The molecule has 0 saturated heterocycles. The van der Waals surface area contributed by atoms with Crippen molar-refractivity contribution in [3.8, 4) is 5.75 Å². The third-order valence-corrected chi connectivity index (χ3v) is 3.68.